The van der Waals surface area contributed by atoms with Gasteiger partial charge in [0.25, 0.3) is 10.0 Å². The molecule has 0 radical (unpaired) electrons. The lowest BCUT2D eigenvalue weighted by molar-refractivity contribution is 0.600. The quantitative estimate of drug-likeness (QED) is 0.726. The Morgan fingerprint density at radius 2 is 1.79 bits per heavy atom. The van der Waals surface area contributed by atoms with Crippen LogP contribution in [0.5, 0.6) is 0 Å². The summed E-state index contributed by atoms with van der Waals surface area (Å²) in [5.41, 5.74) is 4.92. The third kappa shape index (κ3) is 3.73. The molecule has 0 fully saturated rings. The van der Waals surface area contributed by atoms with Gasteiger partial charge in [-0.2, -0.15) is 0 Å². The van der Waals surface area contributed by atoms with Gasteiger partial charge in [-0.25, -0.2) is 13.4 Å². The second-order valence-corrected chi connectivity index (χ2v) is 8.87. The van der Waals surface area contributed by atoms with Crippen LogP contribution in [-0.4, -0.2) is 19.9 Å². The lowest BCUT2D eigenvalue weighted by Gasteiger charge is -2.29. The van der Waals surface area contributed by atoms with E-state index in [-0.39, 0.29) is 4.90 Å². The van der Waals surface area contributed by atoms with Crippen LogP contribution >= 0.6 is 0 Å². The number of nitrogens with one attached hydrogen (secondary N) is 1. The molecule has 6 heteroatoms. The summed E-state index contributed by atoms with van der Waals surface area (Å²) in [6, 6.07) is 17.4. The van der Waals surface area contributed by atoms with Crippen LogP contribution in [0.3, 0.4) is 0 Å². The fourth-order valence-electron chi connectivity index (χ4n) is 3.64. The van der Waals surface area contributed by atoms with Crippen molar-refractivity contribution in [2.75, 3.05) is 16.2 Å². The fourth-order valence-corrected chi connectivity index (χ4v) is 4.91. The van der Waals surface area contributed by atoms with Crippen LogP contribution < -0.4 is 9.62 Å². The van der Waals surface area contributed by atoms with E-state index in [0.717, 1.165) is 36.5 Å². The molecule has 0 amide bonds. The Morgan fingerprint density at radius 3 is 2.50 bits per heavy atom. The topological polar surface area (TPSA) is 62.3 Å². The van der Waals surface area contributed by atoms with Crippen LogP contribution in [0.15, 0.2) is 65.7 Å². The first-order valence-electron chi connectivity index (χ1n) is 9.30. The summed E-state index contributed by atoms with van der Waals surface area (Å²) < 4.78 is 28.0. The molecule has 0 bridgehead atoms. The zero-order valence-corrected chi connectivity index (χ0v) is 16.8. The van der Waals surface area contributed by atoms with Gasteiger partial charge in [-0.3, -0.25) is 4.72 Å². The molecule has 1 aliphatic rings. The van der Waals surface area contributed by atoms with Crippen molar-refractivity contribution in [2.24, 2.45) is 0 Å². The molecule has 0 saturated carbocycles. The Hall–Kier alpha value is -2.86. The highest BCUT2D eigenvalue weighted by atomic mass is 32.2. The van der Waals surface area contributed by atoms with Gasteiger partial charge in [-0.15, -0.1) is 0 Å². The van der Waals surface area contributed by atoms with Crippen LogP contribution in [0.2, 0.25) is 0 Å². The first-order chi connectivity index (χ1) is 13.4. The van der Waals surface area contributed by atoms with Crippen LogP contribution in [0.1, 0.15) is 22.3 Å². The van der Waals surface area contributed by atoms with Gasteiger partial charge < -0.3 is 4.90 Å². The van der Waals surface area contributed by atoms with Gasteiger partial charge >= 0.3 is 0 Å². The Bertz CT molecular complexity index is 1110. The zero-order chi connectivity index (χ0) is 19.7. The van der Waals surface area contributed by atoms with E-state index in [9.17, 15) is 8.42 Å². The molecule has 0 saturated heterocycles. The van der Waals surface area contributed by atoms with Crippen molar-refractivity contribution in [2.45, 2.75) is 31.7 Å². The van der Waals surface area contributed by atoms with Gasteiger partial charge in [0, 0.05) is 13.1 Å². The number of pyridine rings is 1. The molecule has 1 aromatic heterocycles. The average Bonchev–Trinajstić information content (AvgIpc) is 2.67. The molecule has 2 heterocycles. The van der Waals surface area contributed by atoms with Crippen molar-refractivity contribution < 1.29 is 8.42 Å². The van der Waals surface area contributed by atoms with Crippen LogP contribution in [0.25, 0.3) is 0 Å². The molecular formula is C22H23N3O2S. The summed E-state index contributed by atoms with van der Waals surface area (Å²) in [7, 11) is -3.64. The molecule has 1 aliphatic heterocycles. The van der Waals surface area contributed by atoms with E-state index >= 15 is 0 Å². The van der Waals surface area contributed by atoms with E-state index in [1.54, 1.807) is 31.3 Å². The van der Waals surface area contributed by atoms with Crippen LogP contribution in [0, 0.1) is 13.8 Å². The summed E-state index contributed by atoms with van der Waals surface area (Å²) in [5.74, 6) is 0.851. The van der Waals surface area contributed by atoms with Crippen molar-refractivity contribution in [1.82, 2.24) is 4.98 Å². The number of aryl methyl sites for hydroxylation is 2. The van der Waals surface area contributed by atoms with E-state index in [0.29, 0.717) is 5.69 Å². The monoisotopic (exact) mass is 393 g/mol. The fraction of sp³-hybridized carbons (Fsp3) is 0.227. The molecule has 3 aromatic rings. The number of rotatable bonds is 4. The van der Waals surface area contributed by atoms with Gasteiger partial charge in [0.15, 0.2) is 0 Å². The van der Waals surface area contributed by atoms with Gasteiger partial charge in [0.1, 0.15) is 5.82 Å². The van der Waals surface area contributed by atoms with Crippen molar-refractivity contribution in [3.05, 3.63) is 83.0 Å². The van der Waals surface area contributed by atoms with Gasteiger partial charge in [0.05, 0.1) is 16.8 Å². The highest BCUT2D eigenvalue weighted by molar-refractivity contribution is 7.92. The maximum Gasteiger partial charge on any atom is 0.262 e. The number of aromatic nitrogens is 1. The number of fused-ring (bicyclic) bond motifs is 1. The maximum absolute atomic E-state index is 12.7. The van der Waals surface area contributed by atoms with Gasteiger partial charge in [0.2, 0.25) is 0 Å². The predicted molar refractivity (Wildman–Crippen MR) is 112 cm³/mol. The first kappa shape index (κ1) is 18.5. The van der Waals surface area contributed by atoms with Gasteiger partial charge in [-0.05, 0) is 55.2 Å². The number of nitrogens with zero attached hydrogens (tertiary/aromatic N) is 2. The van der Waals surface area contributed by atoms with Crippen molar-refractivity contribution in [1.29, 1.82) is 0 Å². The lowest BCUT2D eigenvalue weighted by Crippen LogP contribution is -2.30. The maximum atomic E-state index is 12.7. The molecular weight excluding hydrogens is 370 g/mol. The Labute approximate surface area is 166 Å². The first-order valence-corrected chi connectivity index (χ1v) is 10.8. The number of hydrogen-bond donors (Lipinski definition) is 1. The molecule has 0 spiro atoms. The van der Waals surface area contributed by atoms with E-state index in [2.05, 4.69) is 38.9 Å². The van der Waals surface area contributed by atoms with Crippen LogP contribution in [0.4, 0.5) is 11.5 Å². The highest BCUT2D eigenvalue weighted by Crippen LogP contribution is 2.25. The van der Waals surface area contributed by atoms with E-state index in [4.69, 9.17) is 0 Å². The summed E-state index contributed by atoms with van der Waals surface area (Å²) >= 11 is 0. The molecule has 28 heavy (non-hydrogen) atoms. The molecule has 4 rings (SSSR count). The number of benzene rings is 2. The molecule has 1 N–H and O–H groups in total. The number of hydrogen-bond acceptors (Lipinski definition) is 4. The number of sulfonamides is 1. The Kier molecular flexibility index (Phi) is 4.81. The second kappa shape index (κ2) is 7.28. The van der Waals surface area contributed by atoms with E-state index in [1.165, 1.54) is 11.1 Å². The molecule has 144 valence electrons. The normalized spacial score (nSPS) is 13.9. The smallest absolute Gasteiger partial charge is 0.262 e. The summed E-state index contributed by atoms with van der Waals surface area (Å²) in [6.45, 7) is 5.46. The van der Waals surface area contributed by atoms with Crippen molar-refractivity contribution in [3.63, 3.8) is 0 Å². The molecule has 0 unspecified atom stereocenters. The minimum absolute atomic E-state index is 0.287. The predicted octanol–water partition coefficient (Wildman–Crippen LogP) is 4.06. The molecule has 0 atom stereocenters. The Balaban J connectivity index is 1.51. The summed E-state index contributed by atoms with van der Waals surface area (Å²) in [5, 5.41) is 0. The van der Waals surface area contributed by atoms with Crippen molar-refractivity contribution in [3.8, 4) is 0 Å². The molecule has 0 aliphatic carbocycles. The molecule has 2 aromatic carbocycles. The van der Waals surface area contributed by atoms with Crippen molar-refractivity contribution >= 4 is 21.5 Å². The SMILES string of the molecule is Cc1ccc(S(=O)(=O)Nc2ccc(N3CCc4ccccc4C3)nc2)c(C)c1. The largest absolute Gasteiger partial charge is 0.352 e. The van der Waals surface area contributed by atoms with E-state index < -0.39 is 10.0 Å². The minimum atomic E-state index is -3.64. The number of anilines is 2. The summed E-state index contributed by atoms with van der Waals surface area (Å²) in [6.07, 6.45) is 2.57. The van der Waals surface area contributed by atoms with E-state index in [1.807, 2.05) is 19.1 Å². The Morgan fingerprint density at radius 1 is 1.00 bits per heavy atom. The second-order valence-electron chi connectivity index (χ2n) is 7.22. The standard InChI is InChI=1S/C22H23N3O2S/c1-16-7-9-21(17(2)13-16)28(26,27)24-20-8-10-22(23-14-20)25-12-11-18-5-3-4-6-19(18)15-25/h3-10,13-14,24H,11-12,15H2,1-2H3. The third-order valence-electron chi connectivity index (χ3n) is 5.07. The average molecular weight is 394 g/mol. The minimum Gasteiger partial charge on any atom is -0.352 e. The highest BCUT2D eigenvalue weighted by Gasteiger charge is 2.19. The van der Waals surface area contributed by atoms with Crippen LogP contribution in [-0.2, 0) is 23.0 Å². The van der Waals surface area contributed by atoms with Gasteiger partial charge in [-0.1, -0.05) is 42.0 Å². The zero-order valence-electron chi connectivity index (χ0n) is 16.0. The lowest BCUT2D eigenvalue weighted by atomic mass is 10.00. The summed E-state index contributed by atoms with van der Waals surface area (Å²) in [4.78, 5) is 6.99. The third-order valence-corrected chi connectivity index (χ3v) is 6.62. The molecule has 5 nitrogen and oxygen atoms in total.